The number of carbonyl (C=O) groups excluding carboxylic acids is 2. The Bertz CT molecular complexity index is 1170. The molecule has 0 spiro atoms. The molecule has 52 heavy (non-hydrogen) atoms. The molecule has 0 aromatic rings. The second kappa shape index (κ2) is 20.8. The molecule has 0 aromatic heterocycles. The van der Waals surface area contributed by atoms with E-state index in [1.807, 2.05) is 33.8 Å². The number of aliphatic hydroxyl groups excluding tert-OH is 3. The van der Waals surface area contributed by atoms with Gasteiger partial charge < -0.3 is 44.2 Å². The van der Waals surface area contributed by atoms with Crippen LogP contribution in [0.4, 0.5) is 0 Å². The summed E-state index contributed by atoms with van der Waals surface area (Å²) in [5, 5.41) is 34.2. The highest BCUT2D eigenvalue weighted by Crippen LogP contribution is 2.35. The standard InChI is InChI=1S/C41H71N3O8/c1-8-35-32(26-44-20-13-10-14-21-44)23-27(2)15-16-33(45)28(3)24-31(17-22-43-18-11-9-12-19-43)40(29(4)34(46)25-36(47)51-35)52-41-39(49)37(42(6)7)38(48)30(5)50-41/h15-16,23,28-32,34-35,37-41,46,48-49H,8-14,17-22,24-26H2,1-7H3/b16-15+,27-23+/t28-,29+,30+,31+,32-,34-,35-,37+,38-,39-,40-,41-/m0/s1. The highest BCUT2D eigenvalue weighted by molar-refractivity contribution is 5.91. The molecule has 12 atom stereocenters. The predicted molar refractivity (Wildman–Crippen MR) is 203 cm³/mol. The molecule has 4 aliphatic rings. The fourth-order valence-electron chi connectivity index (χ4n) is 8.83. The maximum Gasteiger partial charge on any atom is 0.308 e. The molecular weight excluding hydrogens is 662 g/mol. The third kappa shape index (κ3) is 12.2. The van der Waals surface area contributed by atoms with Crippen LogP contribution in [-0.2, 0) is 23.8 Å². The lowest BCUT2D eigenvalue weighted by Crippen LogP contribution is -2.63. The number of rotatable bonds is 9. The van der Waals surface area contributed by atoms with E-state index in [4.69, 9.17) is 14.2 Å². The van der Waals surface area contributed by atoms with Crippen LogP contribution in [0.3, 0.4) is 0 Å². The van der Waals surface area contributed by atoms with E-state index in [2.05, 4.69) is 15.9 Å². The first-order chi connectivity index (χ1) is 24.8. The summed E-state index contributed by atoms with van der Waals surface area (Å²) in [6.45, 7) is 15.3. The number of ether oxygens (including phenoxy) is 3. The quantitative estimate of drug-likeness (QED) is 0.295. The van der Waals surface area contributed by atoms with E-state index in [1.165, 1.54) is 12.8 Å². The maximum absolute atomic E-state index is 13.8. The van der Waals surface area contributed by atoms with E-state index in [0.717, 1.165) is 70.5 Å². The van der Waals surface area contributed by atoms with Gasteiger partial charge >= 0.3 is 5.97 Å². The highest BCUT2D eigenvalue weighted by Gasteiger charge is 2.47. The molecule has 0 saturated carbocycles. The van der Waals surface area contributed by atoms with Crippen LogP contribution < -0.4 is 0 Å². The fraction of sp³-hybridized carbons (Fsp3) is 0.854. The number of hydrogen-bond acceptors (Lipinski definition) is 11. The van der Waals surface area contributed by atoms with E-state index in [-0.39, 0.29) is 36.1 Å². The van der Waals surface area contributed by atoms with Crippen LogP contribution in [0.2, 0.25) is 0 Å². The minimum absolute atomic E-state index is 0.0270. The van der Waals surface area contributed by atoms with Gasteiger partial charge in [-0.2, -0.15) is 0 Å². The number of aliphatic hydroxyl groups is 3. The highest BCUT2D eigenvalue weighted by atomic mass is 16.7. The molecule has 11 nitrogen and oxygen atoms in total. The summed E-state index contributed by atoms with van der Waals surface area (Å²) < 4.78 is 19.1. The molecule has 3 fully saturated rings. The summed E-state index contributed by atoms with van der Waals surface area (Å²) in [6, 6.07) is -0.632. The van der Waals surface area contributed by atoms with Gasteiger partial charge in [0.25, 0.3) is 0 Å². The van der Waals surface area contributed by atoms with E-state index in [1.54, 1.807) is 32.0 Å². The van der Waals surface area contributed by atoms with Crippen molar-refractivity contribution >= 4 is 11.8 Å². The van der Waals surface area contributed by atoms with Crippen molar-refractivity contribution in [2.75, 3.05) is 53.4 Å². The number of allylic oxidation sites excluding steroid dienone is 3. The lowest BCUT2D eigenvalue weighted by atomic mass is 9.79. The van der Waals surface area contributed by atoms with Gasteiger partial charge in [-0.3, -0.25) is 9.59 Å². The van der Waals surface area contributed by atoms with E-state index in [9.17, 15) is 24.9 Å². The number of esters is 1. The van der Waals surface area contributed by atoms with Crippen LogP contribution in [0.1, 0.15) is 98.8 Å². The molecule has 4 aliphatic heterocycles. The SMILES string of the molecule is CC[C@@H]1OC(=O)C[C@H](O)[C@@H](C)[C@H](O[C@@H]2O[C@H](C)[C@H](O)[C@@H](N(C)C)[C@@H]2O)[C@H](CCN2CCCCC2)C[C@H](C)C(=O)/C=C/C(C)=C/[C@H]1CN1CCCCC1. The molecule has 3 N–H and O–H groups in total. The van der Waals surface area contributed by atoms with Gasteiger partial charge in [0.1, 0.15) is 12.2 Å². The zero-order valence-electron chi connectivity index (χ0n) is 33.2. The molecule has 0 aromatic carbocycles. The number of piperidine rings is 2. The minimum Gasteiger partial charge on any atom is -0.462 e. The topological polar surface area (TPSA) is 132 Å². The van der Waals surface area contributed by atoms with Crippen LogP contribution in [0.15, 0.2) is 23.8 Å². The molecule has 0 amide bonds. The smallest absolute Gasteiger partial charge is 0.308 e. The number of hydrogen-bond donors (Lipinski definition) is 3. The largest absolute Gasteiger partial charge is 0.462 e. The molecule has 4 heterocycles. The van der Waals surface area contributed by atoms with Crippen LogP contribution in [0, 0.1) is 23.7 Å². The van der Waals surface area contributed by atoms with Crippen LogP contribution in [0.5, 0.6) is 0 Å². The first-order valence-corrected chi connectivity index (χ1v) is 20.3. The molecule has 0 radical (unpaired) electrons. The number of nitrogens with zero attached hydrogens (tertiary/aromatic N) is 3. The number of likely N-dealkylation sites (tertiary alicyclic amines) is 2. The number of likely N-dealkylation sites (N-methyl/N-ethyl adjacent to an activating group) is 1. The normalized spacial score (nSPS) is 40.2. The molecule has 298 valence electrons. The van der Waals surface area contributed by atoms with Gasteiger partial charge in [0.2, 0.25) is 0 Å². The first kappa shape index (κ1) is 43.0. The maximum atomic E-state index is 13.8. The zero-order chi connectivity index (χ0) is 37.9. The Morgan fingerprint density at radius 1 is 0.904 bits per heavy atom. The number of ketones is 1. The zero-order valence-corrected chi connectivity index (χ0v) is 33.2. The van der Waals surface area contributed by atoms with E-state index >= 15 is 0 Å². The summed E-state index contributed by atoms with van der Waals surface area (Å²) >= 11 is 0. The third-order valence-corrected chi connectivity index (χ3v) is 12.1. The molecular formula is C41H71N3O8. The summed E-state index contributed by atoms with van der Waals surface area (Å²) in [5.74, 6) is -1.58. The Labute approximate surface area is 313 Å². The van der Waals surface area contributed by atoms with Gasteiger partial charge in [-0.25, -0.2) is 0 Å². The van der Waals surface area contributed by atoms with Crippen molar-refractivity contribution < 1.29 is 39.1 Å². The molecule has 4 rings (SSSR count). The summed E-state index contributed by atoms with van der Waals surface area (Å²) in [6.07, 6.45) is 8.49. The van der Waals surface area contributed by atoms with Crippen molar-refractivity contribution in [1.82, 2.24) is 14.7 Å². The Morgan fingerprint density at radius 2 is 1.54 bits per heavy atom. The minimum atomic E-state index is -1.17. The molecule has 0 unspecified atom stereocenters. The van der Waals surface area contributed by atoms with Gasteiger partial charge in [0, 0.05) is 24.3 Å². The molecule has 11 heteroatoms. The van der Waals surface area contributed by atoms with Crippen molar-refractivity contribution in [3.05, 3.63) is 23.8 Å². The van der Waals surface area contributed by atoms with Crippen LogP contribution >= 0.6 is 0 Å². The van der Waals surface area contributed by atoms with Crippen molar-refractivity contribution in [3.8, 4) is 0 Å². The monoisotopic (exact) mass is 734 g/mol. The Kier molecular flexibility index (Phi) is 17.2. The summed E-state index contributed by atoms with van der Waals surface area (Å²) in [7, 11) is 3.60. The van der Waals surface area contributed by atoms with E-state index < -0.39 is 54.7 Å². The lowest BCUT2D eigenvalue weighted by Gasteiger charge is -2.47. The van der Waals surface area contributed by atoms with Crippen molar-refractivity contribution in [2.45, 2.75) is 148 Å². The predicted octanol–water partition coefficient (Wildman–Crippen LogP) is 4.18. The Balaban J connectivity index is 1.68. The first-order valence-electron chi connectivity index (χ1n) is 20.3. The van der Waals surface area contributed by atoms with Gasteiger partial charge in [0.15, 0.2) is 12.1 Å². The Morgan fingerprint density at radius 3 is 2.15 bits per heavy atom. The van der Waals surface area contributed by atoms with E-state index in [0.29, 0.717) is 19.3 Å². The average Bonchev–Trinajstić information content (AvgIpc) is 3.12. The van der Waals surface area contributed by atoms with Crippen LogP contribution in [0.25, 0.3) is 0 Å². The number of carbonyl (C=O) groups is 2. The second-order valence-electron chi connectivity index (χ2n) is 16.6. The third-order valence-electron chi connectivity index (χ3n) is 12.1. The Hall–Kier alpha value is -1.70. The van der Waals surface area contributed by atoms with Crippen molar-refractivity contribution in [1.29, 1.82) is 0 Å². The van der Waals surface area contributed by atoms with Gasteiger partial charge in [-0.1, -0.05) is 51.3 Å². The van der Waals surface area contributed by atoms with Crippen molar-refractivity contribution in [2.24, 2.45) is 23.7 Å². The van der Waals surface area contributed by atoms with Gasteiger partial charge in [-0.15, -0.1) is 0 Å². The fourth-order valence-corrected chi connectivity index (χ4v) is 8.83. The van der Waals surface area contributed by atoms with Gasteiger partial charge in [0.05, 0.1) is 36.9 Å². The number of cyclic esters (lactones) is 1. The molecule has 0 aliphatic carbocycles. The molecule has 3 saturated heterocycles. The van der Waals surface area contributed by atoms with Crippen molar-refractivity contribution in [3.63, 3.8) is 0 Å². The molecule has 0 bridgehead atoms. The average molecular weight is 734 g/mol. The summed E-state index contributed by atoms with van der Waals surface area (Å²) in [4.78, 5) is 34.1. The second-order valence-corrected chi connectivity index (χ2v) is 16.6. The summed E-state index contributed by atoms with van der Waals surface area (Å²) in [5.41, 5.74) is 0.954. The van der Waals surface area contributed by atoms with Gasteiger partial charge in [-0.05, 0) is 118 Å². The lowest BCUT2D eigenvalue weighted by molar-refractivity contribution is -0.304. The van der Waals surface area contributed by atoms with Crippen LogP contribution in [-0.4, -0.2) is 144 Å².